The molecule has 192 valence electrons. The number of hydrogen-bond donors (Lipinski definition) is 3. The monoisotopic (exact) mass is 520 g/mol. The summed E-state index contributed by atoms with van der Waals surface area (Å²) in [5.41, 5.74) is 9.28. The molecule has 0 saturated heterocycles. The Balaban J connectivity index is 1.29. The van der Waals surface area contributed by atoms with Crippen LogP contribution < -0.4 is 5.32 Å². The smallest absolute Gasteiger partial charge is 0.159 e. The molecular weight excluding hydrogens is 488 g/mol. The number of H-pyrrole nitrogens is 2. The van der Waals surface area contributed by atoms with E-state index in [0.29, 0.717) is 0 Å². The average Bonchev–Trinajstić information content (AvgIpc) is 3.75. The van der Waals surface area contributed by atoms with Gasteiger partial charge >= 0.3 is 0 Å². The molecule has 1 saturated carbocycles. The minimum atomic E-state index is 0.745. The molecule has 0 atom stereocenters. The van der Waals surface area contributed by atoms with E-state index < -0.39 is 0 Å². The Morgan fingerprint density at radius 1 is 1.16 bits per heavy atom. The zero-order valence-corrected chi connectivity index (χ0v) is 22.4. The van der Waals surface area contributed by atoms with Gasteiger partial charge in [0.25, 0.3) is 0 Å². The maximum absolute atomic E-state index is 4.99. The highest BCUT2D eigenvalue weighted by molar-refractivity contribution is 7.08. The van der Waals surface area contributed by atoms with Gasteiger partial charge in [0.1, 0.15) is 5.69 Å². The molecule has 4 aromatic heterocycles. The molecule has 1 aliphatic rings. The molecule has 0 aliphatic heterocycles. The van der Waals surface area contributed by atoms with Crippen molar-refractivity contribution < 1.29 is 0 Å². The molecule has 0 unspecified atom stereocenters. The normalized spacial score (nSPS) is 14.5. The van der Waals surface area contributed by atoms with Gasteiger partial charge in [-0.05, 0) is 83.9 Å². The fourth-order valence-corrected chi connectivity index (χ4v) is 6.09. The summed E-state index contributed by atoms with van der Waals surface area (Å²) in [6.45, 7) is 7.89. The fraction of sp³-hybridized carbons (Fsp3) is 0.258. The summed E-state index contributed by atoms with van der Waals surface area (Å²) < 4.78 is 0. The van der Waals surface area contributed by atoms with Crippen molar-refractivity contribution in [2.75, 3.05) is 6.54 Å². The maximum atomic E-state index is 4.99. The van der Waals surface area contributed by atoms with Crippen molar-refractivity contribution in [3.8, 4) is 22.6 Å². The van der Waals surface area contributed by atoms with Gasteiger partial charge in [-0.2, -0.15) is 16.4 Å². The molecule has 3 N–H and O–H groups in total. The summed E-state index contributed by atoms with van der Waals surface area (Å²) in [6, 6.07) is 10.7. The first-order valence-corrected chi connectivity index (χ1v) is 14.2. The number of aromatic amines is 2. The lowest BCUT2D eigenvalue weighted by Crippen LogP contribution is -2.20. The van der Waals surface area contributed by atoms with Gasteiger partial charge in [0.15, 0.2) is 5.82 Å². The third-order valence-electron chi connectivity index (χ3n) is 7.41. The van der Waals surface area contributed by atoms with E-state index in [2.05, 4.69) is 73.2 Å². The van der Waals surface area contributed by atoms with Crippen LogP contribution in [0.2, 0.25) is 0 Å². The second-order valence-electron chi connectivity index (χ2n) is 10.1. The predicted molar refractivity (Wildman–Crippen MR) is 157 cm³/mol. The summed E-state index contributed by atoms with van der Waals surface area (Å²) in [5.74, 6) is 1.57. The van der Waals surface area contributed by atoms with Gasteiger partial charge in [-0.15, -0.1) is 0 Å². The number of nitrogens with zero attached hydrogens (tertiary/aromatic N) is 3. The Labute approximate surface area is 227 Å². The summed E-state index contributed by atoms with van der Waals surface area (Å²) in [7, 11) is 0. The van der Waals surface area contributed by atoms with Crippen molar-refractivity contribution in [1.82, 2.24) is 30.5 Å². The van der Waals surface area contributed by atoms with Crippen LogP contribution in [-0.4, -0.2) is 31.7 Å². The van der Waals surface area contributed by atoms with Crippen molar-refractivity contribution in [3.63, 3.8) is 0 Å². The lowest BCUT2D eigenvalue weighted by molar-refractivity contribution is 0.489. The molecule has 0 radical (unpaired) electrons. The number of benzene rings is 1. The topological polar surface area (TPSA) is 82.3 Å². The summed E-state index contributed by atoms with van der Waals surface area (Å²) >= 11 is 1.67. The number of pyridine rings is 1. The summed E-state index contributed by atoms with van der Waals surface area (Å²) in [6.07, 6.45) is 13.2. The van der Waals surface area contributed by atoms with Gasteiger partial charge in [0.05, 0.1) is 11.2 Å². The van der Waals surface area contributed by atoms with Crippen LogP contribution in [0.25, 0.3) is 39.1 Å². The highest BCUT2D eigenvalue weighted by Gasteiger charge is 2.18. The van der Waals surface area contributed by atoms with Gasteiger partial charge in [0.2, 0.25) is 0 Å². The molecule has 0 spiro atoms. The second-order valence-corrected chi connectivity index (χ2v) is 10.9. The number of hydrogen-bond acceptors (Lipinski definition) is 5. The van der Waals surface area contributed by atoms with Crippen molar-refractivity contribution in [2.45, 2.75) is 39.2 Å². The van der Waals surface area contributed by atoms with Crippen LogP contribution in [0, 0.1) is 12.8 Å². The molecule has 4 heterocycles. The predicted octanol–water partition coefficient (Wildman–Crippen LogP) is 7.28. The quantitative estimate of drug-likeness (QED) is 0.178. The third kappa shape index (κ3) is 4.99. The van der Waals surface area contributed by atoms with Crippen LogP contribution in [-0.2, 0) is 6.54 Å². The SMILES string of the molecule is C=C/C=C(/c1ccsc1)c1nc(-c2n[nH]c3ccc(-c4cncc(CNCC5CCCC5)c4)cc23)[nH]c1C. The number of nitrogens with one attached hydrogen (secondary N) is 3. The van der Waals surface area contributed by atoms with Crippen LogP contribution in [0.1, 0.15) is 48.2 Å². The molecule has 7 heteroatoms. The maximum Gasteiger partial charge on any atom is 0.159 e. The van der Waals surface area contributed by atoms with Crippen molar-refractivity contribution in [1.29, 1.82) is 0 Å². The molecule has 0 bridgehead atoms. The van der Waals surface area contributed by atoms with Crippen LogP contribution in [0.4, 0.5) is 0 Å². The van der Waals surface area contributed by atoms with E-state index >= 15 is 0 Å². The first kappa shape index (κ1) is 24.5. The molecule has 38 heavy (non-hydrogen) atoms. The highest BCUT2D eigenvalue weighted by atomic mass is 32.1. The van der Waals surface area contributed by atoms with Crippen LogP contribution in [0.15, 0.2) is 72.2 Å². The van der Waals surface area contributed by atoms with Gasteiger partial charge in [-0.3, -0.25) is 10.1 Å². The Morgan fingerprint density at radius 2 is 2.05 bits per heavy atom. The van der Waals surface area contributed by atoms with Gasteiger partial charge in [-0.1, -0.05) is 37.6 Å². The number of aromatic nitrogens is 5. The fourth-order valence-electron chi connectivity index (χ4n) is 5.43. The first-order chi connectivity index (χ1) is 18.7. The minimum Gasteiger partial charge on any atom is -0.340 e. The number of fused-ring (bicyclic) bond motifs is 1. The molecule has 6 nitrogen and oxygen atoms in total. The Kier molecular flexibility index (Phi) is 7.03. The van der Waals surface area contributed by atoms with Gasteiger partial charge in [0, 0.05) is 41.2 Å². The summed E-state index contributed by atoms with van der Waals surface area (Å²) in [4.78, 5) is 13.0. The van der Waals surface area contributed by atoms with Crippen molar-refractivity contribution in [3.05, 3.63) is 94.7 Å². The standard InChI is InChI=1S/C31H32N6S/c1-3-6-26(24-11-12-38-19-24)29-20(2)34-31(35-29)30-27-14-23(9-10-28(27)36-37-30)25-13-22(17-33-18-25)16-32-15-21-7-4-5-8-21/h3,6,9-14,17-19,21,32H,1,4-5,7-8,15-16H2,2H3,(H,34,35)(H,36,37)/b26-6-. The number of allylic oxidation sites excluding steroid dienone is 2. The zero-order chi connectivity index (χ0) is 25.9. The van der Waals surface area contributed by atoms with Crippen LogP contribution in [0.5, 0.6) is 0 Å². The molecule has 6 rings (SSSR count). The minimum absolute atomic E-state index is 0.745. The van der Waals surface area contributed by atoms with Crippen LogP contribution >= 0.6 is 11.3 Å². The zero-order valence-electron chi connectivity index (χ0n) is 21.6. The molecular formula is C31H32N6S. The number of aryl methyl sites for hydroxylation is 1. The largest absolute Gasteiger partial charge is 0.340 e. The molecule has 1 aromatic carbocycles. The van der Waals surface area contributed by atoms with E-state index in [1.165, 1.54) is 31.2 Å². The first-order valence-electron chi connectivity index (χ1n) is 13.3. The van der Waals surface area contributed by atoms with E-state index in [-0.39, 0.29) is 0 Å². The Bertz CT molecular complexity index is 1580. The van der Waals surface area contributed by atoms with E-state index in [1.54, 1.807) is 11.3 Å². The Hall–Kier alpha value is -3.81. The van der Waals surface area contributed by atoms with E-state index in [0.717, 1.165) is 75.1 Å². The lowest BCUT2D eigenvalue weighted by atomic mass is 10.0. The van der Waals surface area contributed by atoms with Gasteiger partial charge in [-0.25, -0.2) is 4.98 Å². The number of rotatable bonds is 9. The second kappa shape index (κ2) is 10.9. The highest BCUT2D eigenvalue weighted by Crippen LogP contribution is 2.33. The average molecular weight is 521 g/mol. The van der Waals surface area contributed by atoms with Gasteiger partial charge < -0.3 is 10.3 Å². The van der Waals surface area contributed by atoms with E-state index in [1.807, 2.05) is 31.5 Å². The molecule has 1 fully saturated rings. The molecule has 5 aromatic rings. The molecule has 1 aliphatic carbocycles. The lowest BCUT2D eigenvalue weighted by Gasteiger charge is -2.11. The van der Waals surface area contributed by atoms with Crippen molar-refractivity contribution in [2.24, 2.45) is 5.92 Å². The summed E-state index contributed by atoms with van der Waals surface area (Å²) in [5, 5.41) is 16.7. The number of thiophene rings is 1. The van der Waals surface area contributed by atoms with Crippen LogP contribution in [0.3, 0.4) is 0 Å². The van der Waals surface area contributed by atoms with E-state index in [9.17, 15) is 0 Å². The number of imidazole rings is 1. The van der Waals surface area contributed by atoms with Crippen molar-refractivity contribution >= 4 is 27.8 Å². The molecule has 0 amide bonds. The third-order valence-corrected chi connectivity index (χ3v) is 8.09. The Morgan fingerprint density at radius 3 is 2.87 bits per heavy atom. The van der Waals surface area contributed by atoms with E-state index in [4.69, 9.17) is 4.98 Å².